The van der Waals surface area contributed by atoms with E-state index in [0.29, 0.717) is 22.4 Å². The number of aliphatic hydroxyl groups excluding tert-OH is 2. The van der Waals surface area contributed by atoms with Crippen LogP contribution >= 0.6 is 15.4 Å². The van der Waals surface area contributed by atoms with Crippen molar-refractivity contribution in [2.75, 3.05) is 20.9 Å². The van der Waals surface area contributed by atoms with E-state index in [2.05, 4.69) is 0 Å². The van der Waals surface area contributed by atoms with Crippen molar-refractivity contribution in [2.24, 2.45) is 0 Å². The molecule has 0 radical (unpaired) electrons. The maximum absolute atomic E-state index is 11.8. The molecular formula is C19H24O11P2. The number of phosphoric acid groups is 1. The van der Waals surface area contributed by atoms with Gasteiger partial charge >= 0.3 is 15.4 Å². The van der Waals surface area contributed by atoms with Crippen molar-refractivity contribution in [2.45, 2.75) is 13.2 Å². The summed E-state index contributed by atoms with van der Waals surface area (Å²) < 4.78 is 43.4. The lowest BCUT2D eigenvalue weighted by atomic mass is 10.0. The molecule has 0 bridgehead atoms. The zero-order valence-electron chi connectivity index (χ0n) is 17.5. The number of methoxy groups -OCH3 is 2. The van der Waals surface area contributed by atoms with Gasteiger partial charge in [-0.3, -0.25) is 9.79 Å². The number of benzene rings is 2. The minimum Gasteiger partial charge on any atom is -0.496 e. The summed E-state index contributed by atoms with van der Waals surface area (Å²) in [5.74, 6) is -0.725. The van der Waals surface area contributed by atoms with Crippen molar-refractivity contribution in [1.29, 1.82) is 0 Å². The van der Waals surface area contributed by atoms with Crippen molar-refractivity contribution >= 4 is 27.6 Å². The van der Waals surface area contributed by atoms with Gasteiger partial charge in [0.1, 0.15) is 5.75 Å². The van der Waals surface area contributed by atoms with Gasteiger partial charge in [-0.1, -0.05) is 12.2 Å². The molecule has 0 fully saturated rings. The van der Waals surface area contributed by atoms with E-state index < -0.39 is 26.9 Å². The van der Waals surface area contributed by atoms with E-state index in [4.69, 9.17) is 18.5 Å². The monoisotopic (exact) mass is 490 g/mol. The van der Waals surface area contributed by atoms with Crippen LogP contribution in [0.15, 0.2) is 24.3 Å². The molecule has 1 atom stereocenters. The van der Waals surface area contributed by atoms with E-state index in [1.54, 1.807) is 12.1 Å². The van der Waals surface area contributed by atoms with Crippen LogP contribution in [-0.2, 0) is 22.3 Å². The number of phosphoric ester groups is 1. The Morgan fingerprint density at radius 3 is 2.03 bits per heavy atom. The van der Waals surface area contributed by atoms with Gasteiger partial charge in [0.2, 0.25) is 5.75 Å². The third kappa shape index (κ3) is 6.82. The summed E-state index contributed by atoms with van der Waals surface area (Å²) >= 11 is 0. The molecule has 0 amide bonds. The van der Waals surface area contributed by atoms with Crippen LogP contribution in [0.5, 0.6) is 23.0 Å². The van der Waals surface area contributed by atoms with Crippen LogP contribution in [0.25, 0.3) is 12.2 Å². The summed E-state index contributed by atoms with van der Waals surface area (Å²) in [4.78, 5) is 28.3. The molecule has 176 valence electrons. The molecule has 0 saturated heterocycles. The van der Waals surface area contributed by atoms with Gasteiger partial charge in [0.25, 0.3) is 0 Å². The highest BCUT2D eigenvalue weighted by Crippen LogP contribution is 2.53. The highest BCUT2D eigenvalue weighted by molar-refractivity contribution is 7.52. The molecule has 0 aromatic heterocycles. The third-order valence-electron chi connectivity index (χ3n) is 4.12. The minimum absolute atomic E-state index is 0.0849. The Bertz CT molecular complexity index is 1060. The Kier molecular flexibility index (Phi) is 8.50. The van der Waals surface area contributed by atoms with Crippen molar-refractivity contribution in [1.82, 2.24) is 0 Å². The number of aliphatic hydroxyl groups is 2. The summed E-state index contributed by atoms with van der Waals surface area (Å²) in [6.45, 7) is 0.186. The molecule has 2 aromatic rings. The van der Waals surface area contributed by atoms with Crippen LogP contribution < -0.4 is 18.5 Å². The van der Waals surface area contributed by atoms with Gasteiger partial charge in [-0.2, -0.15) is 0 Å². The van der Waals surface area contributed by atoms with Crippen LogP contribution in [-0.4, -0.2) is 45.8 Å². The summed E-state index contributed by atoms with van der Waals surface area (Å²) in [5, 5.41) is 19.1. The Hall–Kier alpha value is -2.36. The van der Waals surface area contributed by atoms with E-state index in [-0.39, 0.29) is 24.5 Å². The van der Waals surface area contributed by atoms with Crippen LogP contribution in [0.3, 0.4) is 0 Å². The average molecular weight is 490 g/mol. The van der Waals surface area contributed by atoms with Gasteiger partial charge in [0.05, 0.1) is 27.4 Å². The average Bonchev–Trinajstić information content (AvgIpc) is 2.71. The number of ether oxygens (including phenoxy) is 2. The van der Waals surface area contributed by atoms with Gasteiger partial charge in [0.15, 0.2) is 11.5 Å². The maximum Gasteiger partial charge on any atom is 0.524 e. The first-order valence-corrected chi connectivity index (χ1v) is 12.5. The second-order valence-corrected chi connectivity index (χ2v) is 9.45. The van der Waals surface area contributed by atoms with Crippen LogP contribution in [0.1, 0.15) is 22.3 Å². The van der Waals surface area contributed by atoms with E-state index in [1.807, 2.05) is 0 Å². The quantitative estimate of drug-likeness (QED) is 0.245. The van der Waals surface area contributed by atoms with Crippen molar-refractivity contribution < 1.29 is 52.5 Å². The topological polar surface area (TPSA) is 172 Å². The first kappa shape index (κ1) is 25.9. The molecule has 2 aromatic carbocycles. The minimum atomic E-state index is -5.09. The lowest BCUT2D eigenvalue weighted by Gasteiger charge is -2.19. The fraction of sp³-hybridized carbons (Fsp3) is 0.263. The molecule has 0 aliphatic carbocycles. The Morgan fingerprint density at radius 1 is 0.875 bits per heavy atom. The molecule has 0 spiro atoms. The first-order valence-electron chi connectivity index (χ1n) is 8.98. The van der Waals surface area contributed by atoms with Gasteiger partial charge < -0.3 is 33.6 Å². The smallest absolute Gasteiger partial charge is 0.496 e. The summed E-state index contributed by atoms with van der Waals surface area (Å²) in [5.41, 5.74) is 1.45. The molecule has 0 aliphatic heterocycles. The van der Waals surface area contributed by atoms with E-state index >= 15 is 0 Å². The maximum atomic E-state index is 11.8. The first-order chi connectivity index (χ1) is 14.9. The number of hydrogen-bond donors (Lipinski definition) is 5. The lowest BCUT2D eigenvalue weighted by molar-refractivity contribution is 0.254. The lowest BCUT2D eigenvalue weighted by Crippen LogP contribution is -2.00. The largest absolute Gasteiger partial charge is 0.524 e. The van der Waals surface area contributed by atoms with Gasteiger partial charge in [-0.25, -0.2) is 9.13 Å². The fourth-order valence-electron chi connectivity index (χ4n) is 2.83. The van der Waals surface area contributed by atoms with Crippen molar-refractivity contribution in [3.8, 4) is 23.0 Å². The normalized spacial score (nSPS) is 13.6. The zero-order valence-corrected chi connectivity index (χ0v) is 19.2. The predicted molar refractivity (Wildman–Crippen MR) is 116 cm³/mol. The van der Waals surface area contributed by atoms with Crippen LogP contribution in [0, 0.1) is 0 Å². The molecule has 11 nitrogen and oxygen atoms in total. The molecule has 5 N–H and O–H groups in total. The fourth-order valence-corrected chi connectivity index (χ4v) is 3.77. The molecule has 0 aliphatic rings. The highest BCUT2D eigenvalue weighted by atomic mass is 31.2. The zero-order chi connectivity index (χ0) is 24.1. The molecule has 32 heavy (non-hydrogen) atoms. The SMILES string of the molecule is COc1cc(/C=C\c2ccc(OC)c(OP(C)(=O)O)c2OP(=O)(O)O)cc(CO)c1CO. The van der Waals surface area contributed by atoms with E-state index in [1.165, 1.54) is 38.5 Å². The molecule has 1 unspecified atom stereocenters. The molecule has 13 heteroatoms. The number of rotatable bonds is 10. The predicted octanol–water partition coefficient (Wildman–Crippen LogP) is 2.52. The number of hydrogen-bond acceptors (Lipinski definition) is 8. The second-order valence-electron chi connectivity index (χ2n) is 6.50. The Labute approximate surface area is 184 Å². The summed E-state index contributed by atoms with van der Waals surface area (Å²) in [6, 6.07) is 5.94. The van der Waals surface area contributed by atoms with E-state index in [9.17, 15) is 34.0 Å². The highest BCUT2D eigenvalue weighted by Gasteiger charge is 2.27. The summed E-state index contributed by atoms with van der Waals surface area (Å²) in [6.07, 6.45) is 2.93. The van der Waals surface area contributed by atoms with Gasteiger partial charge in [-0.15, -0.1) is 0 Å². The molecule has 0 heterocycles. The van der Waals surface area contributed by atoms with Gasteiger partial charge in [-0.05, 0) is 35.4 Å². The van der Waals surface area contributed by atoms with Crippen LogP contribution in [0.4, 0.5) is 0 Å². The van der Waals surface area contributed by atoms with Gasteiger partial charge in [0, 0.05) is 17.8 Å². The van der Waals surface area contributed by atoms with Crippen molar-refractivity contribution in [3.05, 3.63) is 46.5 Å². The Balaban J connectivity index is 2.65. The van der Waals surface area contributed by atoms with Crippen LogP contribution in [0.2, 0.25) is 0 Å². The van der Waals surface area contributed by atoms with E-state index in [0.717, 1.165) is 6.66 Å². The molecular weight excluding hydrogens is 466 g/mol. The third-order valence-corrected chi connectivity index (χ3v) is 5.07. The Morgan fingerprint density at radius 2 is 1.53 bits per heavy atom. The summed E-state index contributed by atoms with van der Waals surface area (Å²) in [7, 11) is -6.60. The molecule has 0 saturated carbocycles. The standard InChI is InChI=1S/C19H24O11P2/c1-27-16-7-6-13(18(30-32(24,25)26)19(16)29-31(3,22)23)5-4-12-8-14(10-20)15(11-21)17(9-12)28-2/h4-9,20-21H,10-11H2,1-3H3,(H,22,23)(H2,24,25,26)/b5-4-. The molecule has 2 rings (SSSR count). The van der Waals surface area contributed by atoms with Crippen molar-refractivity contribution in [3.63, 3.8) is 0 Å². The second kappa shape index (κ2) is 10.5.